The lowest BCUT2D eigenvalue weighted by Crippen LogP contribution is -2.44. The van der Waals surface area contributed by atoms with E-state index in [-0.39, 0.29) is 18.4 Å². The zero-order valence-electron chi connectivity index (χ0n) is 17.2. The molecule has 1 aromatic carbocycles. The van der Waals surface area contributed by atoms with Crippen LogP contribution in [0.5, 0.6) is 0 Å². The third kappa shape index (κ3) is 6.13. The molecule has 1 heterocycles. The zero-order valence-corrected chi connectivity index (χ0v) is 17.9. The van der Waals surface area contributed by atoms with Crippen LogP contribution in [0, 0.1) is 5.92 Å². The SMILES string of the molecule is CCCN(CC(=O)N(Cc1cccn1C)CC(C)C)C(=O)c1cccc(Cl)c1. The topological polar surface area (TPSA) is 45.6 Å². The van der Waals surface area contributed by atoms with E-state index in [4.69, 9.17) is 11.6 Å². The van der Waals surface area contributed by atoms with Gasteiger partial charge in [0.1, 0.15) is 6.54 Å². The van der Waals surface area contributed by atoms with Gasteiger partial charge in [0.2, 0.25) is 5.91 Å². The number of benzene rings is 1. The first kappa shape index (κ1) is 22.0. The first-order valence-electron chi connectivity index (χ1n) is 9.74. The predicted octanol–water partition coefficient (Wildman–Crippen LogP) is 4.22. The van der Waals surface area contributed by atoms with Gasteiger partial charge in [-0.05, 0) is 42.7 Å². The van der Waals surface area contributed by atoms with Gasteiger partial charge in [0.05, 0.1) is 6.54 Å². The third-order valence-corrected chi connectivity index (χ3v) is 4.76. The molecule has 0 atom stereocenters. The maximum Gasteiger partial charge on any atom is 0.254 e. The van der Waals surface area contributed by atoms with Crippen molar-refractivity contribution in [3.63, 3.8) is 0 Å². The molecular weight excluding hydrogens is 374 g/mol. The van der Waals surface area contributed by atoms with Crippen molar-refractivity contribution >= 4 is 23.4 Å². The van der Waals surface area contributed by atoms with Gasteiger partial charge in [-0.3, -0.25) is 9.59 Å². The monoisotopic (exact) mass is 403 g/mol. The first-order chi connectivity index (χ1) is 13.3. The van der Waals surface area contributed by atoms with Gasteiger partial charge in [-0.15, -0.1) is 0 Å². The molecule has 0 spiro atoms. The number of halogens is 1. The second-order valence-electron chi connectivity index (χ2n) is 7.52. The molecule has 152 valence electrons. The summed E-state index contributed by atoms with van der Waals surface area (Å²) in [6.45, 7) is 7.95. The van der Waals surface area contributed by atoms with E-state index in [9.17, 15) is 9.59 Å². The Bertz CT molecular complexity index is 801. The largest absolute Gasteiger partial charge is 0.353 e. The second kappa shape index (κ2) is 10.3. The molecule has 0 N–H and O–H groups in total. The van der Waals surface area contributed by atoms with Crippen LogP contribution in [0.2, 0.25) is 5.02 Å². The fraction of sp³-hybridized carbons (Fsp3) is 0.455. The molecular formula is C22H30ClN3O2. The maximum absolute atomic E-state index is 13.1. The molecule has 1 aromatic heterocycles. The summed E-state index contributed by atoms with van der Waals surface area (Å²) < 4.78 is 2.02. The molecule has 0 aliphatic heterocycles. The lowest BCUT2D eigenvalue weighted by Gasteiger charge is -2.29. The zero-order chi connectivity index (χ0) is 20.7. The lowest BCUT2D eigenvalue weighted by molar-refractivity contribution is -0.133. The van der Waals surface area contributed by atoms with Crippen LogP contribution < -0.4 is 0 Å². The quantitative estimate of drug-likeness (QED) is 0.629. The summed E-state index contributed by atoms with van der Waals surface area (Å²) in [5, 5.41) is 0.513. The highest BCUT2D eigenvalue weighted by Crippen LogP contribution is 2.14. The summed E-state index contributed by atoms with van der Waals surface area (Å²) in [6, 6.07) is 10.9. The standard InChI is InChI=1S/C22H30ClN3O2/c1-5-11-25(22(28)18-8-6-9-19(23)13-18)16-21(27)26(14-17(2)3)15-20-10-7-12-24(20)4/h6-10,12-13,17H,5,11,14-16H2,1-4H3. The average molecular weight is 404 g/mol. The number of hydrogen-bond acceptors (Lipinski definition) is 2. The molecule has 0 aliphatic carbocycles. The fourth-order valence-corrected chi connectivity index (χ4v) is 3.33. The Labute approximate surface area is 172 Å². The number of aromatic nitrogens is 1. The Morgan fingerprint density at radius 1 is 1.14 bits per heavy atom. The van der Waals surface area contributed by atoms with E-state index >= 15 is 0 Å². The number of carbonyl (C=O) groups is 2. The molecule has 2 amide bonds. The summed E-state index contributed by atoms with van der Waals surface area (Å²) >= 11 is 6.03. The van der Waals surface area contributed by atoms with Crippen molar-refractivity contribution in [3.8, 4) is 0 Å². The molecule has 0 fully saturated rings. The van der Waals surface area contributed by atoms with E-state index in [0.717, 1.165) is 12.1 Å². The number of rotatable bonds is 9. The molecule has 0 saturated heterocycles. The van der Waals surface area contributed by atoms with Crippen LogP contribution in [0.1, 0.15) is 43.2 Å². The Morgan fingerprint density at radius 3 is 2.46 bits per heavy atom. The summed E-state index contributed by atoms with van der Waals surface area (Å²) in [7, 11) is 1.97. The minimum Gasteiger partial charge on any atom is -0.353 e. The first-order valence-corrected chi connectivity index (χ1v) is 10.1. The third-order valence-electron chi connectivity index (χ3n) is 4.52. The predicted molar refractivity (Wildman–Crippen MR) is 113 cm³/mol. The normalized spacial score (nSPS) is 10.9. The molecule has 0 unspecified atom stereocenters. The van der Waals surface area contributed by atoms with Crippen molar-refractivity contribution in [1.29, 1.82) is 0 Å². The summed E-state index contributed by atoms with van der Waals surface area (Å²) in [4.78, 5) is 29.5. The van der Waals surface area contributed by atoms with Crippen molar-refractivity contribution in [2.75, 3.05) is 19.6 Å². The van der Waals surface area contributed by atoms with Crippen LogP contribution in [0.4, 0.5) is 0 Å². The molecule has 0 saturated carbocycles. The minimum atomic E-state index is -0.166. The molecule has 0 radical (unpaired) electrons. The highest BCUT2D eigenvalue weighted by atomic mass is 35.5. The van der Waals surface area contributed by atoms with Crippen LogP contribution in [0.15, 0.2) is 42.6 Å². The summed E-state index contributed by atoms with van der Waals surface area (Å²) in [6.07, 6.45) is 2.75. The Kier molecular flexibility index (Phi) is 8.12. The van der Waals surface area contributed by atoms with Gasteiger partial charge in [-0.25, -0.2) is 0 Å². The lowest BCUT2D eigenvalue weighted by atomic mass is 10.1. The van der Waals surface area contributed by atoms with E-state index in [1.807, 2.05) is 41.8 Å². The highest BCUT2D eigenvalue weighted by molar-refractivity contribution is 6.30. The van der Waals surface area contributed by atoms with Gasteiger partial charge in [0, 0.05) is 42.6 Å². The van der Waals surface area contributed by atoms with Gasteiger partial charge in [0.15, 0.2) is 0 Å². The Balaban J connectivity index is 2.16. The fourth-order valence-electron chi connectivity index (χ4n) is 3.14. The molecule has 6 heteroatoms. The van der Waals surface area contributed by atoms with E-state index < -0.39 is 0 Å². The van der Waals surface area contributed by atoms with Crippen molar-refractivity contribution < 1.29 is 9.59 Å². The van der Waals surface area contributed by atoms with Gasteiger partial charge >= 0.3 is 0 Å². The van der Waals surface area contributed by atoms with E-state index in [2.05, 4.69) is 13.8 Å². The van der Waals surface area contributed by atoms with Crippen LogP contribution in [0.3, 0.4) is 0 Å². The van der Waals surface area contributed by atoms with Crippen LogP contribution in [0.25, 0.3) is 0 Å². The van der Waals surface area contributed by atoms with Crippen molar-refractivity contribution in [2.45, 2.75) is 33.7 Å². The van der Waals surface area contributed by atoms with Gasteiger partial charge in [0.25, 0.3) is 5.91 Å². The van der Waals surface area contributed by atoms with Crippen molar-refractivity contribution in [1.82, 2.24) is 14.4 Å². The Morgan fingerprint density at radius 2 is 1.89 bits per heavy atom. The minimum absolute atomic E-state index is 0.0428. The van der Waals surface area contributed by atoms with Crippen molar-refractivity contribution in [3.05, 3.63) is 58.9 Å². The van der Waals surface area contributed by atoms with Crippen LogP contribution in [-0.2, 0) is 18.4 Å². The molecule has 2 aromatic rings. The molecule has 2 rings (SSSR count). The maximum atomic E-state index is 13.1. The van der Waals surface area contributed by atoms with Gasteiger partial charge in [-0.2, -0.15) is 0 Å². The highest BCUT2D eigenvalue weighted by Gasteiger charge is 2.23. The summed E-state index contributed by atoms with van der Waals surface area (Å²) in [5.41, 5.74) is 1.57. The number of aryl methyl sites for hydroxylation is 1. The number of amides is 2. The van der Waals surface area contributed by atoms with E-state index in [1.54, 1.807) is 29.2 Å². The molecule has 0 aliphatic rings. The summed E-state index contributed by atoms with van der Waals surface area (Å²) in [5.74, 6) is 0.132. The van der Waals surface area contributed by atoms with Crippen molar-refractivity contribution in [2.24, 2.45) is 13.0 Å². The Hall–Kier alpha value is -2.27. The second-order valence-corrected chi connectivity index (χ2v) is 7.95. The van der Waals surface area contributed by atoms with Gasteiger partial charge in [-0.1, -0.05) is 38.4 Å². The van der Waals surface area contributed by atoms with E-state index in [0.29, 0.717) is 36.1 Å². The smallest absolute Gasteiger partial charge is 0.254 e. The van der Waals surface area contributed by atoms with E-state index in [1.165, 1.54) is 0 Å². The number of hydrogen-bond donors (Lipinski definition) is 0. The average Bonchev–Trinajstić information content (AvgIpc) is 3.04. The number of carbonyl (C=O) groups excluding carboxylic acids is 2. The van der Waals surface area contributed by atoms with Gasteiger partial charge < -0.3 is 14.4 Å². The van der Waals surface area contributed by atoms with Crippen LogP contribution >= 0.6 is 11.6 Å². The number of nitrogens with zero attached hydrogens (tertiary/aromatic N) is 3. The van der Waals surface area contributed by atoms with Crippen LogP contribution in [-0.4, -0.2) is 45.8 Å². The molecule has 5 nitrogen and oxygen atoms in total. The molecule has 0 bridgehead atoms. The molecule has 28 heavy (non-hydrogen) atoms.